The van der Waals surface area contributed by atoms with Crippen molar-refractivity contribution in [3.63, 3.8) is 0 Å². The molecule has 2 aromatic carbocycles. The van der Waals surface area contributed by atoms with E-state index in [1.165, 1.54) is 23.9 Å². The van der Waals surface area contributed by atoms with Gasteiger partial charge >= 0.3 is 0 Å². The summed E-state index contributed by atoms with van der Waals surface area (Å²) in [5, 5.41) is 3.87. The quantitative estimate of drug-likeness (QED) is 0.680. The molecule has 0 aromatic heterocycles. The van der Waals surface area contributed by atoms with Gasteiger partial charge in [-0.05, 0) is 42.7 Å². The van der Waals surface area contributed by atoms with E-state index in [0.29, 0.717) is 0 Å². The Balaban J connectivity index is 1.91. The molecule has 3 nitrogen and oxygen atoms in total. The monoisotopic (exact) mass is 284 g/mol. The molecule has 0 fully saturated rings. The Kier molecular flexibility index (Phi) is 4.82. The summed E-state index contributed by atoms with van der Waals surface area (Å²) in [5.74, 6) is -0.480. The molecule has 2 aromatic rings. The Morgan fingerprint density at radius 3 is 2.57 bits per heavy atom. The predicted octanol–water partition coefficient (Wildman–Crippen LogP) is 3.14. The molecule has 0 unspecified atom stereocenters. The van der Waals surface area contributed by atoms with Crippen LogP contribution in [0.25, 0.3) is 0 Å². The lowest BCUT2D eigenvalue weighted by molar-refractivity contribution is -0.120. The lowest BCUT2D eigenvalue weighted by atomic mass is 10.0. The molecule has 0 atom stereocenters. The summed E-state index contributed by atoms with van der Waals surface area (Å²) in [5.41, 5.74) is 6.44. The zero-order chi connectivity index (χ0) is 15.2. The highest BCUT2D eigenvalue weighted by atomic mass is 19.1. The molecule has 0 aliphatic carbocycles. The number of halogens is 1. The van der Waals surface area contributed by atoms with Crippen molar-refractivity contribution >= 4 is 12.1 Å². The van der Waals surface area contributed by atoms with Gasteiger partial charge in [-0.15, -0.1) is 0 Å². The van der Waals surface area contributed by atoms with Crippen molar-refractivity contribution in [2.24, 2.45) is 5.10 Å². The second-order valence-electron chi connectivity index (χ2n) is 4.95. The van der Waals surface area contributed by atoms with Gasteiger partial charge in [0.2, 0.25) is 5.91 Å². The van der Waals surface area contributed by atoms with Gasteiger partial charge in [-0.25, -0.2) is 9.82 Å². The summed E-state index contributed by atoms with van der Waals surface area (Å²) in [6.07, 6.45) is 1.77. The van der Waals surface area contributed by atoms with Crippen molar-refractivity contribution < 1.29 is 9.18 Å². The number of rotatable bonds is 4. The second-order valence-corrected chi connectivity index (χ2v) is 4.95. The van der Waals surface area contributed by atoms with E-state index >= 15 is 0 Å². The summed E-state index contributed by atoms with van der Waals surface area (Å²) in [7, 11) is 0. The van der Waals surface area contributed by atoms with Gasteiger partial charge in [0, 0.05) is 0 Å². The van der Waals surface area contributed by atoms with Crippen molar-refractivity contribution in [2.45, 2.75) is 20.3 Å². The molecule has 4 heteroatoms. The molecule has 0 heterocycles. The topological polar surface area (TPSA) is 41.5 Å². The smallest absolute Gasteiger partial charge is 0.244 e. The van der Waals surface area contributed by atoms with Gasteiger partial charge in [0.25, 0.3) is 0 Å². The van der Waals surface area contributed by atoms with Crippen LogP contribution in [0.4, 0.5) is 4.39 Å². The zero-order valence-corrected chi connectivity index (χ0v) is 12.1. The maximum atomic E-state index is 12.7. The Bertz CT molecular complexity index is 663. The minimum atomic E-state index is -0.300. The number of hydrazone groups is 1. The normalized spacial score (nSPS) is 10.8. The fraction of sp³-hybridized carbons (Fsp3) is 0.176. The molecule has 1 amide bonds. The van der Waals surface area contributed by atoms with Gasteiger partial charge in [-0.1, -0.05) is 35.9 Å². The molecule has 2 rings (SSSR count). The third-order valence-electron chi connectivity index (χ3n) is 3.12. The largest absolute Gasteiger partial charge is 0.273 e. The third-order valence-corrected chi connectivity index (χ3v) is 3.12. The first-order valence-electron chi connectivity index (χ1n) is 6.68. The molecule has 108 valence electrons. The molecule has 21 heavy (non-hydrogen) atoms. The summed E-state index contributed by atoms with van der Waals surface area (Å²) < 4.78 is 12.7. The number of benzene rings is 2. The number of nitrogens with zero attached hydrogens (tertiary/aromatic N) is 1. The highest BCUT2D eigenvalue weighted by Gasteiger charge is 2.05. The first-order chi connectivity index (χ1) is 10.0. The zero-order valence-electron chi connectivity index (χ0n) is 12.1. The van der Waals surface area contributed by atoms with Crippen LogP contribution in [0.5, 0.6) is 0 Å². The van der Waals surface area contributed by atoms with Crippen molar-refractivity contribution in [2.75, 3.05) is 0 Å². The average molecular weight is 284 g/mol. The van der Waals surface area contributed by atoms with Crippen LogP contribution in [-0.2, 0) is 11.2 Å². The number of amides is 1. The van der Waals surface area contributed by atoms with Crippen LogP contribution in [0.15, 0.2) is 47.6 Å². The summed E-state index contributed by atoms with van der Waals surface area (Å²) >= 11 is 0. The van der Waals surface area contributed by atoms with Crippen LogP contribution in [0.1, 0.15) is 22.3 Å². The molecule has 1 N–H and O–H groups in total. The SMILES string of the molecule is Cc1ccc(CC(=O)N/N=C/c2ccc(F)cc2)c(C)c1. The average Bonchev–Trinajstić information content (AvgIpc) is 2.44. The van der Waals surface area contributed by atoms with Gasteiger partial charge in [0.05, 0.1) is 12.6 Å². The van der Waals surface area contributed by atoms with Gasteiger partial charge in [0.1, 0.15) is 5.82 Å². The van der Waals surface area contributed by atoms with Crippen LogP contribution < -0.4 is 5.43 Å². The van der Waals surface area contributed by atoms with Crippen molar-refractivity contribution in [3.8, 4) is 0 Å². The van der Waals surface area contributed by atoms with Crippen LogP contribution in [0, 0.1) is 19.7 Å². The summed E-state index contributed by atoms with van der Waals surface area (Å²) in [6.45, 7) is 4.00. The minimum absolute atomic E-state index is 0.180. The molecule has 0 spiro atoms. The van der Waals surface area contributed by atoms with E-state index in [1.54, 1.807) is 12.1 Å². The molecule has 0 saturated heterocycles. The second kappa shape index (κ2) is 6.79. The molecule has 0 aliphatic heterocycles. The van der Waals surface area contributed by atoms with Crippen LogP contribution >= 0.6 is 0 Å². The van der Waals surface area contributed by atoms with Crippen LogP contribution in [0.3, 0.4) is 0 Å². The van der Waals surface area contributed by atoms with Crippen molar-refractivity contribution in [1.29, 1.82) is 0 Å². The van der Waals surface area contributed by atoms with E-state index in [4.69, 9.17) is 0 Å². The highest BCUT2D eigenvalue weighted by molar-refractivity contribution is 5.83. The van der Waals surface area contributed by atoms with Gasteiger partial charge in [0.15, 0.2) is 0 Å². The number of carbonyl (C=O) groups is 1. The fourth-order valence-electron chi connectivity index (χ4n) is 1.98. The Labute approximate surface area is 123 Å². The lowest BCUT2D eigenvalue weighted by Crippen LogP contribution is -2.20. The molecular formula is C17H17FN2O. The molecular weight excluding hydrogens is 267 g/mol. The molecule has 0 aliphatic rings. The molecule has 0 radical (unpaired) electrons. The van der Waals surface area contributed by atoms with Crippen molar-refractivity contribution in [1.82, 2.24) is 5.43 Å². The Morgan fingerprint density at radius 2 is 1.90 bits per heavy atom. The number of aryl methyl sites for hydroxylation is 2. The van der Waals surface area contributed by atoms with Gasteiger partial charge < -0.3 is 0 Å². The van der Waals surface area contributed by atoms with E-state index in [0.717, 1.165) is 16.7 Å². The van der Waals surface area contributed by atoms with Crippen molar-refractivity contribution in [3.05, 3.63) is 70.5 Å². The molecule has 0 saturated carbocycles. The van der Waals surface area contributed by atoms with E-state index in [9.17, 15) is 9.18 Å². The number of hydrogen-bond donors (Lipinski definition) is 1. The number of nitrogens with one attached hydrogen (secondary N) is 1. The van der Waals surface area contributed by atoms with Crippen LogP contribution in [0.2, 0.25) is 0 Å². The highest BCUT2D eigenvalue weighted by Crippen LogP contribution is 2.11. The number of carbonyl (C=O) groups excluding carboxylic acids is 1. The van der Waals surface area contributed by atoms with Crippen LogP contribution in [-0.4, -0.2) is 12.1 Å². The van der Waals surface area contributed by atoms with E-state index in [2.05, 4.69) is 10.5 Å². The predicted molar refractivity (Wildman–Crippen MR) is 81.8 cm³/mol. The fourth-order valence-corrected chi connectivity index (χ4v) is 1.98. The van der Waals surface area contributed by atoms with Gasteiger partial charge in [-0.2, -0.15) is 5.10 Å². The maximum absolute atomic E-state index is 12.7. The van der Waals surface area contributed by atoms with E-state index in [1.807, 2.05) is 32.0 Å². The summed E-state index contributed by atoms with van der Waals surface area (Å²) in [6, 6.07) is 11.9. The van der Waals surface area contributed by atoms with Gasteiger partial charge in [-0.3, -0.25) is 4.79 Å². The first kappa shape index (κ1) is 14.9. The lowest BCUT2D eigenvalue weighted by Gasteiger charge is -2.05. The van der Waals surface area contributed by atoms with E-state index in [-0.39, 0.29) is 18.1 Å². The Morgan fingerprint density at radius 1 is 1.19 bits per heavy atom. The maximum Gasteiger partial charge on any atom is 0.244 e. The van der Waals surface area contributed by atoms with E-state index < -0.39 is 0 Å². The summed E-state index contributed by atoms with van der Waals surface area (Å²) in [4.78, 5) is 11.8. The number of hydrogen-bond acceptors (Lipinski definition) is 2. The molecule has 0 bridgehead atoms. The first-order valence-corrected chi connectivity index (χ1v) is 6.68. The minimum Gasteiger partial charge on any atom is -0.273 e. The Hall–Kier alpha value is -2.49. The third kappa shape index (κ3) is 4.53. The standard InChI is InChI=1S/C17H17FN2O/c1-12-3-6-15(13(2)9-12)10-17(21)20-19-11-14-4-7-16(18)8-5-14/h3-9,11H,10H2,1-2H3,(H,20,21)/b19-11+.